The van der Waals surface area contributed by atoms with E-state index in [0.29, 0.717) is 5.92 Å². The maximum absolute atomic E-state index is 12.1. The molecule has 1 atom stereocenters. The molecule has 1 N–H and O–H groups in total. The predicted molar refractivity (Wildman–Crippen MR) is 99.0 cm³/mol. The molecule has 0 saturated carbocycles. The molecule has 1 amide bonds. The van der Waals surface area contributed by atoms with E-state index in [1.54, 1.807) is 6.20 Å². The Kier molecular flexibility index (Phi) is 5.53. The van der Waals surface area contributed by atoms with Crippen LogP contribution in [0.5, 0.6) is 5.75 Å². The summed E-state index contributed by atoms with van der Waals surface area (Å²) in [6.45, 7) is 6.03. The highest BCUT2D eigenvalue weighted by Crippen LogP contribution is 2.19. The van der Waals surface area contributed by atoms with E-state index < -0.39 is 0 Å². The van der Waals surface area contributed by atoms with Crippen LogP contribution in [0.25, 0.3) is 0 Å². The molecule has 1 aromatic carbocycles. The Hall–Kier alpha value is -2.56. The van der Waals surface area contributed by atoms with E-state index in [1.807, 2.05) is 42.5 Å². The van der Waals surface area contributed by atoms with Gasteiger partial charge in [0.15, 0.2) is 6.61 Å². The molecule has 1 aromatic heterocycles. The molecule has 5 nitrogen and oxygen atoms in total. The average molecular weight is 339 g/mol. The summed E-state index contributed by atoms with van der Waals surface area (Å²) >= 11 is 0. The lowest BCUT2D eigenvalue weighted by Crippen LogP contribution is -2.39. The van der Waals surface area contributed by atoms with Crippen molar-refractivity contribution in [3.05, 3.63) is 54.2 Å². The molecule has 0 spiro atoms. The third-order valence-electron chi connectivity index (χ3n) is 4.44. The largest absolute Gasteiger partial charge is 0.484 e. The number of pyridine rings is 1. The topological polar surface area (TPSA) is 54.5 Å². The van der Waals surface area contributed by atoms with E-state index in [9.17, 15) is 4.79 Å². The van der Waals surface area contributed by atoms with Crippen molar-refractivity contribution in [1.82, 2.24) is 10.3 Å². The normalized spacial score (nSPS) is 16.9. The Morgan fingerprint density at radius 2 is 2.08 bits per heavy atom. The standard InChI is InChI=1S/C20H25N3O2/c1-15(2)16-6-8-18(9-7-16)25-14-20(24)22-17-10-12-23(13-17)19-5-3-4-11-21-19/h3-9,11,15,17H,10,12-14H2,1-2H3,(H,22,24). The van der Waals surface area contributed by atoms with Crippen LogP contribution >= 0.6 is 0 Å². The number of rotatable bonds is 6. The van der Waals surface area contributed by atoms with E-state index in [2.05, 4.69) is 29.0 Å². The van der Waals surface area contributed by atoms with Crippen molar-refractivity contribution < 1.29 is 9.53 Å². The maximum atomic E-state index is 12.1. The summed E-state index contributed by atoms with van der Waals surface area (Å²) < 4.78 is 5.59. The van der Waals surface area contributed by atoms with Gasteiger partial charge in [0.25, 0.3) is 5.91 Å². The summed E-state index contributed by atoms with van der Waals surface area (Å²) in [4.78, 5) is 18.7. The number of carbonyl (C=O) groups excluding carboxylic acids is 1. The highest BCUT2D eigenvalue weighted by molar-refractivity contribution is 5.78. The van der Waals surface area contributed by atoms with E-state index in [1.165, 1.54) is 5.56 Å². The van der Waals surface area contributed by atoms with Gasteiger partial charge in [0, 0.05) is 25.3 Å². The van der Waals surface area contributed by atoms with E-state index in [4.69, 9.17) is 4.74 Å². The van der Waals surface area contributed by atoms with E-state index in [0.717, 1.165) is 31.1 Å². The third kappa shape index (κ3) is 4.72. The molecule has 3 rings (SSSR count). The molecular formula is C20H25N3O2. The van der Waals surface area contributed by atoms with Gasteiger partial charge in [-0.25, -0.2) is 4.98 Å². The number of ether oxygens (including phenoxy) is 1. The maximum Gasteiger partial charge on any atom is 0.258 e. The lowest BCUT2D eigenvalue weighted by molar-refractivity contribution is -0.123. The smallest absolute Gasteiger partial charge is 0.258 e. The van der Waals surface area contributed by atoms with Gasteiger partial charge < -0.3 is 15.0 Å². The molecule has 1 aliphatic rings. The third-order valence-corrected chi connectivity index (χ3v) is 4.44. The van der Waals surface area contributed by atoms with Crippen LogP contribution in [-0.2, 0) is 4.79 Å². The van der Waals surface area contributed by atoms with Gasteiger partial charge in [-0.05, 0) is 42.2 Å². The van der Waals surface area contributed by atoms with Gasteiger partial charge in [0.2, 0.25) is 0 Å². The Bertz CT molecular complexity index is 686. The van der Waals surface area contributed by atoms with Gasteiger partial charge in [-0.3, -0.25) is 4.79 Å². The Labute approximate surface area is 149 Å². The second kappa shape index (κ2) is 8.01. The van der Waals surface area contributed by atoms with Crippen LogP contribution in [0.3, 0.4) is 0 Å². The summed E-state index contributed by atoms with van der Waals surface area (Å²) in [7, 11) is 0. The van der Waals surface area contributed by atoms with Crippen molar-refractivity contribution in [2.24, 2.45) is 0 Å². The first-order chi connectivity index (χ1) is 12.1. The van der Waals surface area contributed by atoms with Gasteiger partial charge in [0.1, 0.15) is 11.6 Å². The van der Waals surface area contributed by atoms with Crippen LogP contribution in [0.1, 0.15) is 31.7 Å². The summed E-state index contributed by atoms with van der Waals surface area (Å²) in [6, 6.07) is 13.9. The first kappa shape index (κ1) is 17.3. The van der Waals surface area contributed by atoms with Gasteiger partial charge in [-0.15, -0.1) is 0 Å². The molecule has 132 valence electrons. The SMILES string of the molecule is CC(C)c1ccc(OCC(=O)NC2CCN(c3ccccn3)C2)cc1. The number of hydrogen-bond donors (Lipinski definition) is 1. The second-order valence-corrected chi connectivity index (χ2v) is 6.70. The minimum absolute atomic E-state index is 0.0428. The summed E-state index contributed by atoms with van der Waals surface area (Å²) in [6.07, 6.45) is 2.71. The summed E-state index contributed by atoms with van der Waals surface area (Å²) in [5.41, 5.74) is 1.26. The molecule has 5 heteroatoms. The zero-order valence-electron chi connectivity index (χ0n) is 14.8. The minimum Gasteiger partial charge on any atom is -0.484 e. The highest BCUT2D eigenvalue weighted by atomic mass is 16.5. The average Bonchev–Trinajstić information content (AvgIpc) is 3.09. The molecule has 25 heavy (non-hydrogen) atoms. The molecule has 2 heterocycles. The number of nitrogens with one attached hydrogen (secondary N) is 1. The first-order valence-corrected chi connectivity index (χ1v) is 8.80. The summed E-state index contributed by atoms with van der Waals surface area (Å²) in [5, 5.41) is 3.05. The lowest BCUT2D eigenvalue weighted by Gasteiger charge is -2.17. The van der Waals surface area contributed by atoms with Crippen LogP contribution < -0.4 is 15.0 Å². The molecular weight excluding hydrogens is 314 g/mol. The zero-order chi connectivity index (χ0) is 17.6. The van der Waals surface area contributed by atoms with Crippen molar-refractivity contribution in [2.45, 2.75) is 32.2 Å². The van der Waals surface area contributed by atoms with Crippen LogP contribution in [0.2, 0.25) is 0 Å². The molecule has 1 saturated heterocycles. The molecule has 1 unspecified atom stereocenters. The molecule has 0 radical (unpaired) electrons. The van der Waals surface area contributed by atoms with Crippen LogP contribution in [0.15, 0.2) is 48.7 Å². The molecule has 1 fully saturated rings. The Balaban J connectivity index is 1.44. The van der Waals surface area contributed by atoms with Gasteiger partial charge in [-0.2, -0.15) is 0 Å². The predicted octanol–water partition coefficient (Wildman–Crippen LogP) is 2.98. The van der Waals surface area contributed by atoms with Crippen molar-refractivity contribution in [1.29, 1.82) is 0 Å². The van der Waals surface area contributed by atoms with Gasteiger partial charge >= 0.3 is 0 Å². The zero-order valence-corrected chi connectivity index (χ0v) is 14.8. The van der Waals surface area contributed by atoms with Crippen LogP contribution in [-0.4, -0.2) is 36.6 Å². The second-order valence-electron chi connectivity index (χ2n) is 6.70. The van der Waals surface area contributed by atoms with Crippen molar-refractivity contribution in [3.63, 3.8) is 0 Å². The van der Waals surface area contributed by atoms with Crippen molar-refractivity contribution >= 4 is 11.7 Å². The van der Waals surface area contributed by atoms with Gasteiger partial charge in [0.05, 0.1) is 0 Å². The molecule has 0 aliphatic carbocycles. The highest BCUT2D eigenvalue weighted by Gasteiger charge is 2.24. The van der Waals surface area contributed by atoms with Crippen LogP contribution in [0.4, 0.5) is 5.82 Å². The number of hydrogen-bond acceptors (Lipinski definition) is 4. The Morgan fingerprint density at radius 3 is 2.76 bits per heavy atom. The van der Waals surface area contributed by atoms with Crippen molar-refractivity contribution in [3.8, 4) is 5.75 Å². The fraction of sp³-hybridized carbons (Fsp3) is 0.400. The quantitative estimate of drug-likeness (QED) is 0.879. The van der Waals surface area contributed by atoms with Gasteiger partial charge in [-0.1, -0.05) is 32.0 Å². The van der Waals surface area contributed by atoms with Crippen LogP contribution in [0, 0.1) is 0 Å². The number of anilines is 1. The number of aromatic nitrogens is 1. The fourth-order valence-electron chi connectivity index (χ4n) is 2.99. The summed E-state index contributed by atoms with van der Waals surface area (Å²) in [5.74, 6) is 2.09. The molecule has 2 aromatic rings. The van der Waals surface area contributed by atoms with E-state index in [-0.39, 0.29) is 18.6 Å². The lowest BCUT2D eigenvalue weighted by atomic mass is 10.0. The fourth-order valence-corrected chi connectivity index (χ4v) is 2.99. The Morgan fingerprint density at radius 1 is 1.28 bits per heavy atom. The molecule has 0 bridgehead atoms. The number of nitrogens with zero attached hydrogens (tertiary/aromatic N) is 2. The minimum atomic E-state index is -0.0826. The van der Waals surface area contributed by atoms with Crippen molar-refractivity contribution in [2.75, 3.05) is 24.6 Å². The molecule has 1 aliphatic heterocycles. The monoisotopic (exact) mass is 339 g/mol. The number of carbonyl (C=O) groups is 1. The first-order valence-electron chi connectivity index (χ1n) is 8.80. The van der Waals surface area contributed by atoms with E-state index >= 15 is 0 Å². The number of amides is 1. The number of benzene rings is 1.